The van der Waals surface area contributed by atoms with Gasteiger partial charge in [0.05, 0.1) is 27.7 Å². The van der Waals surface area contributed by atoms with Crippen LogP contribution in [0.25, 0.3) is 0 Å². The van der Waals surface area contributed by atoms with Gasteiger partial charge in [0.15, 0.2) is 0 Å². The summed E-state index contributed by atoms with van der Waals surface area (Å²) in [6.45, 7) is 1.56. The van der Waals surface area contributed by atoms with Gasteiger partial charge in [-0.15, -0.1) is 0 Å². The van der Waals surface area contributed by atoms with E-state index in [0.29, 0.717) is 5.02 Å². The van der Waals surface area contributed by atoms with E-state index in [2.05, 4.69) is 5.01 Å². The molecular weight excluding hydrogens is 421 g/mol. The number of hydrazine groups is 1. The smallest absolute Gasteiger partial charge is 0.253 e. The Morgan fingerprint density at radius 2 is 1.39 bits per heavy atom. The third-order valence-electron chi connectivity index (χ3n) is 5.78. The topological polar surface area (TPSA) is 43.9 Å². The van der Waals surface area contributed by atoms with Crippen LogP contribution in [0.3, 0.4) is 0 Å². The van der Waals surface area contributed by atoms with Crippen molar-refractivity contribution in [3.63, 3.8) is 0 Å². The molecule has 3 aliphatic rings. The maximum Gasteiger partial charge on any atom is 0.253 e. The third-order valence-corrected chi connectivity index (χ3v) is 6.64. The van der Waals surface area contributed by atoms with Gasteiger partial charge in [-0.2, -0.15) is 0 Å². The normalized spacial score (nSPS) is 27.5. The highest BCUT2D eigenvalue weighted by atomic mass is 35.5. The van der Waals surface area contributed by atoms with Gasteiger partial charge in [0.1, 0.15) is 6.04 Å². The van der Waals surface area contributed by atoms with Gasteiger partial charge in [-0.3, -0.25) is 9.59 Å². The van der Waals surface area contributed by atoms with E-state index in [-0.39, 0.29) is 33.6 Å². The van der Waals surface area contributed by atoms with Crippen molar-refractivity contribution < 1.29 is 9.59 Å². The Kier molecular flexibility index (Phi) is 4.41. The first-order valence-electron chi connectivity index (χ1n) is 9.09. The Morgan fingerprint density at radius 1 is 0.786 bits per heavy atom. The summed E-state index contributed by atoms with van der Waals surface area (Å²) in [7, 11) is 0. The number of rotatable bonds is 2. The molecule has 2 aromatic carbocycles. The van der Waals surface area contributed by atoms with Gasteiger partial charge < -0.3 is 0 Å². The molecule has 5 nitrogen and oxygen atoms in total. The number of para-hydroxylation sites is 1. The van der Waals surface area contributed by atoms with E-state index in [1.165, 1.54) is 4.90 Å². The first-order valence-corrected chi connectivity index (χ1v) is 10.2. The van der Waals surface area contributed by atoms with Crippen LogP contribution in [0.5, 0.6) is 0 Å². The summed E-state index contributed by atoms with van der Waals surface area (Å²) in [6.07, 6.45) is 0.946. The summed E-state index contributed by atoms with van der Waals surface area (Å²) >= 11 is 18.7. The molecule has 2 aromatic rings. The maximum atomic E-state index is 13.5. The summed E-state index contributed by atoms with van der Waals surface area (Å²) in [6, 6.07) is 11.7. The highest BCUT2D eigenvalue weighted by molar-refractivity contribution is 6.42. The van der Waals surface area contributed by atoms with Crippen LogP contribution in [0.2, 0.25) is 15.1 Å². The number of benzene rings is 2. The molecule has 0 radical (unpaired) electrons. The quantitative estimate of drug-likeness (QED) is 0.663. The molecule has 144 valence electrons. The van der Waals surface area contributed by atoms with Crippen LogP contribution in [0, 0.1) is 5.92 Å². The Balaban J connectivity index is 1.62. The molecule has 0 bridgehead atoms. The van der Waals surface area contributed by atoms with Gasteiger partial charge in [0, 0.05) is 18.1 Å². The maximum absolute atomic E-state index is 13.5. The Bertz CT molecular complexity index is 961. The van der Waals surface area contributed by atoms with E-state index in [4.69, 9.17) is 34.8 Å². The van der Waals surface area contributed by atoms with Crippen molar-refractivity contribution >= 4 is 52.3 Å². The van der Waals surface area contributed by atoms with Crippen LogP contribution in [0.15, 0.2) is 42.5 Å². The zero-order valence-electron chi connectivity index (χ0n) is 14.7. The largest absolute Gasteiger partial charge is 0.274 e. The lowest BCUT2D eigenvalue weighted by Gasteiger charge is -2.30. The van der Waals surface area contributed by atoms with Gasteiger partial charge in [0.25, 0.3) is 5.91 Å². The third kappa shape index (κ3) is 2.54. The SMILES string of the molecule is O=C1[C@@H]2[C@@H](C(=O)N1c1c(Cl)cccc1Cl)N1CCCN1[C@@H]2c1ccc(Cl)cc1. The average Bonchev–Trinajstić information content (AvgIpc) is 3.30. The van der Waals surface area contributed by atoms with Gasteiger partial charge >= 0.3 is 0 Å². The number of hydrogen-bond acceptors (Lipinski definition) is 4. The predicted molar refractivity (Wildman–Crippen MR) is 108 cm³/mol. The Morgan fingerprint density at radius 3 is 2.04 bits per heavy atom. The number of amides is 2. The second kappa shape index (κ2) is 6.71. The van der Waals surface area contributed by atoms with Gasteiger partial charge in [0.2, 0.25) is 5.91 Å². The molecule has 3 atom stereocenters. The number of imide groups is 1. The monoisotopic (exact) mass is 435 g/mol. The summed E-state index contributed by atoms with van der Waals surface area (Å²) in [5.74, 6) is -1.05. The van der Waals surface area contributed by atoms with Crippen molar-refractivity contribution in [1.82, 2.24) is 10.0 Å². The van der Waals surface area contributed by atoms with Gasteiger partial charge in [-0.25, -0.2) is 14.9 Å². The lowest BCUT2D eigenvalue weighted by molar-refractivity contribution is -0.126. The first-order chi connectivity index (χ1) is 13.5. The lowest BCUT2D eigenvalue weighted by atomic mass is 9.90. The molecule has 8 heteroatoms. The molecule has 5 rings (SSSR count). The minimum Gasteiger partial charge on any atom is -0.274 e. The van der Waals surface area contributed by atoms with Crippen molar-refractivity contribution in [3.8, 4) is 0 Å². The fourth-order valence-electron chi connectivity index (χ4n) is 4.70. The minimum absolute atomic E-state index is 0.215. The molecule has 0 unspecified atom stereocenters. The second-order valence-corrected chi connectivity index (χ2v) is 8.48. The van der Waals surface area contributed by atoms with E-state index in [0.717, 1.165) is 25.1 Å². The van der Waals surface area contributed by atoms with Crippen LogP contribution >= 0.6 is 34.8 Å². The molecule has 0 spiro atoms. The van der Waals surface area contributed by atoms with E-state index >= 15 is 0 Å². The van der Waals surface area contributed by atoms with Gasteiger partial charge in [-0.1, -0.05) is 53.0 Å². The molecule has 3 aliphatic heterocycles. The number of halogens is 3. The molecule has 3 saturated heterocycles. The molecular formula is C20H16Cl3N3O2. The molecule has 3 heterocycles. The fourth-order valence-corrected chi connectivity index (χ4v) is 5.39. The van der Waals surface area contributed by atoms with Crippen molar-refractivity contribution in [2.75, 3.05) is 18.0 Å². The number of anilines is 1. The summed E-state index contributed by atoms with van der Waals surface area (Å²) in [5.41, 5.74) is 1.24. The van der Waals surface area contributed by atoms with Crippen LogP contribution in [-0.2, 0) is 9.59 Å². The summed E-state index contributed by atoms with van der Waals surface area (Å²) < 4.78 is 0. The number of fused-ring (bicyclic) bond motifs is 3. The highest BCUT2D eigenvalue weighted by Crippen LogP contribution is 2.50. The van der Waals surface area contributed by atoms with Crippen molar-refractivity contribution in [1.29, 1.82) is 0 Å². The van der Waals surface area contributed by atoms with E-state index in [9.17, 15) is 9.59 Å². The fraction of sp³-hybridized carbons (Fsp3) is 0.300. The number of carbonyl (C=O) groups is 2. The molecule has 0 saturated carbocycles. The number of hydrogen-bond donors (Lipinski definition) is 0. The zero-order valence-corrected chi connectivity index (χ0v) is 17.0. The summed E-state index contributed by atoms with van der Waals surface area (Å²) in [4.78, 5) is 28.0. The molecule has 0 aromatic heterocycles. The van der Waals surface area contributed by atoms with Gasteiger partial charge in [-0.05, 0) is 36.2 Å². The molecule has 3 fully saturated rings. The molecule has 0 N–H and O–H groups in total. The lowest BCUT2D eigenvalue weighted by Crippen LogP contribution is -2.44. The van der Waals surface area contributed by atoms with E-state index < -0.39 is 12.0 Å². The minimum atomic E-state index is -0.539. The Hall–Kier alpha value is -1.63. The zero-order chi connectivity index (χ0) is 19.6. The molecule has 2 amide bonds. The average molecular weight is 437 g/mol. The van der Waals surface area contributed by atoms with Crippen LogP contribution in [0.1, 0.15) is 18.0 Å². The molecule has 0 aliphatic carbocycles. The predicted octanol–water partition coefficient (Wildman–Crippen LogP) is 4.18. The molecule has 28 heavy (non-hydrogen) atoms. The number of nitrogens with zero attached hydrogens (tertiary/aromatic N) is 3. The van der Waals surface area contributed by atoms with Crippen molar-refractivity contribution in [2.24, 2.45) is 5.92 Å². The van der Waals surface area contributed by atoms with E-state index in [1.54, 1.807) is 18.2 Å². The first kappa shape index (κ1) is 18.4. The summed E-state index contributed by atoms with van der Waals surface area (Å²) in [5, 5.41) is 5.40. The Labute approximate surface area is 177 Å². The van der Waals surface area contributed by atoms with Crippen molar-refractivity contribution in [2.45, 2.75) is 18.5 Å². The van der Waals surface area contributed by atoms with Crippen LogP contribution in [0.4, 0.5) is 5.69 Å². The van der Waals surface area contributed by atoms with Crippen LogP contribution in [-0.4, -0.2) is 41.0 Å². The van der Waals surface area contributed by atoms with E-state index in [1.807, 2.05) is 29.3 Å². The van der Waals surface area contributed by atoms with Crippen molar-refractivity contribution in [3.05, 3.63) is 63.1 Å². The second-order valence-electron chi connectivity index (χ2n) is 7.23. The number of carbonyl (C=O) groups excluding carboxylic acids is 2. The standard InChI is InChI=1S/C20H16Cl3N3O2/c21-12-7-5-11(6-8-12)16-15-18(25-10-2-9-24(16)25)20(28)26(19(15)27)17-13(22)3-1-4-14(17)23/h1,3-8,15-16,18H,2,9-10H2/t15-,16+,18-/m0/s1. The highest BCUT2D eigenvalue weighted by Gasteiger charge is 2.63. The van der Waals surface area contributed by atoms with Crippen LogP contribution < -0.4 is 4.90 Å².